The summed E-state index contributed by atoms with van der Waals surface area (Å²) in [5.41, 5.74) is 0. The molecular weight excluding hydrogens is 268 g/mol. The maximum absolute atomic E-state index is 5.67. The first-order chi connectivity index (χ1) is 10.4. The zero-order valence-electron chi connectivity index (χ0n) is 14.6. The molecule has 0 aromatic carbocycles. The Labute approximate surface area is 131 Å². The average molecular weight is 304 g/mol. The molecule has 0 unspecified atom stereocenters. The Bertz CT molecular complexity index is 174. The fraction of sp³-hybridized carbons (Fsp3) is 1.00. The van der Waals surface area contributed by atoms with Crippen molar-refractivity contribution in [3.63, 3.8) is 0 Å². The Hall–Kier alpha value is -0.200. The summed E-state index contributed by atoms with van der Waals surface area (Å²) in [5.74, 6) is 0. The molecule has 128 valence electrons. The van der Waals surface area contributed by atoms with Crippen molar-refractivity contribution in [2.75, 3.05) is 78.9 Å². The number of hydrogen-bond acceptors (Lipinski definition) is 5. The van der Waals surface area contributed by atoms with Crippen LogP contribution in [0.3, 0.4) is 0 Å². The van der Waals surface area contributed by atoms with Gasteiger partial charge >= 0.3 is 0 Å². The van der Waals surface area contributed by atoms with E-state index in [9.17, 15) is 0 Å². The van der Waals surface area contributed by atoms with Crippen molar-refractivity contribution in [2.24, 2.45) is 0 Å². The summed E-state index contributed by atoms with van der Waals surface area (Å²) >= 11 is 0. The van der Waals surface area contributed by atoms with Crippen molar-refractivity contribution in [3.8, 4) is 0 Å². The zero-order chi connectivity index (χ0) is 15.8. The summed E-state index contributed by atoms with van der Waals surface area (Å²) < 4.78 is 16.3. The zero-order valence-corrected chi connectivity index (χ0v) is 14.6. The lowest BCUT2D eigenvalue weighted by Gasteiger charge is -2.27. The number of rotatable bonds is 6. The molecule has 0 aliphatic carbocycles. The van der Waals surface area contributed by atoms with Crippen molar-refractivity contribution in [1.82, 2.24) is 9.80 Å². The van der Waals surface area contributed by atoms with Gasteiger partial charge in [-0.25, -0.2) is 0 Å². The molecule has 2 aliphatic heterocycles. The van der Waals surface area contributed by atoms with Crippen LogP contribution in [0.4, 0.5) is 0 Å². The van der Waals surface area contributed by atoms with Crippen molar-refractivity contribution in [2.45, 2.75) is 27.7 Å². The van der Waals surface area contributed by atoms with Gasteiger partial charge in [-0.15, -0.1) is 0 Å². The molecule has 2 aliphatic rings. The van der Waals surface area contributed by atoms with Crippen LogP contribution in [0, 0.1) is 0 Å². The Balaban J connectivity index is 0.000000921. The highest BCUT2D eigenvalue weighted by atomic mass is 16.5. The SMILES string of the molecule is C1CN(CCOCCN2CCOCC2)CCO1.CC.CC. The summed E-state index contributed by atoms with van der Waals surface area (Å²) in [4.78, 5) is 4.80. The van der Waals surface area contributed by atoms with Gasteiger partial charge in [-0.05, 0) is 0 Å². The minimum Gasteiger partial charge on any atom is -0.379 e. The molecule has 0 spiro atoms. The van der Waals surface area contributed by atoms with Gasteiger partial charge in [-0.1, -0.05) is 27.7 Å². The first kappa shape index (κ1) is 20.8. The first-order valence-electron chi connectivity index (χ1n) is 8.63. The Kier molecular flexibility index (Phi) is 16.0. The quantitative estimate of drug-likeness (QED) is 0.698. The van der Waals surface area contributed by atoms with Gasteiger partial charge in [0.2, 0.25) is 0 Å². The third-order valence-corrected chi connectivity index (χ3v) is 3.31. The van der Waals surface area contributed by atoms with E-state index in [2.05, 4.69) is 9.80 Å². The van der Waals surface area contributed by atoms with Gasteiger partial charge in [0.05, 0.1) is 39.6 Å². The van der Waals surface area contributed by atoms with Gasteiger partial charge in [0, 0.05) is 39.3 Å². The van der Waals surface area contributed by atoms with Crippen LogP contribution in [-0.2, 0) is 14.2 Å². The van der Waals surface area contributed by atoms with Crippen LogP contribution < -0.4 is 0 Å². The van der Waals surface area contributed by atoms with Gasteiger partial charge in [-0.2, -0.15) is 0 Å². The van der Waals surface area contributed by atoms with E-state index in [0.29, 0.717) is 0 Å². The second kappa shape index (κ2) is 16.2. The highest BCUT2D eigenvalue weighted by Crippen LogP contribution is 1.97. The molecular formula is C16H36N2O3. The highest BCUT2D eigenvalue weighted by Gasteiger charge is 2.11. The third kappa shape index (κ3) is 11.1. The van der Waals surface area contributed by atoms with Crippen LogP contribution >= 0.6 is 0 Å². The second-order valence-electron chi connectivity index (χ2n) is 4.52. The lowest BCUT2D eigenvalue weighted by Crippen LogP contribution is -2.40. The van der Waals surface area contributed by atoms with E-state index in [-0.39, 0.29) is 0 Å². The second-order valence-corrected chi connectivity index (χ2v) is 4.52. The van der Waals surface area contributed by atoms with E-state index in [4.69, 9.17) is 14.2 Å². The molecule has 2 rings (SSSR count). The molecule has 0 saturated carbocycles. The van der Waals surface area contributed by atoms with E-state index in [1.807, 2.05) is 27.7 Å². The van der Waals surface area contributed by atoms with E-state index in [0.717, 1.165) is 78.9 Å². The fourth-order valence-electron chi connectivity index (χ4n) is 2.14. The summed E-state index contributed by atoms with van der Waals surface area (Å²) in [6.45, 7) is 19.4. The van der Waals surface area contributed by atoms with Gasteiger partial charge in [0.15, 0.2) is 0 Å². The normalized spacial score (nSPS) is 20.0. The van der Waals surface area contributed by atoms with Crippen molar-refractivity contribution >= 4 is 0 Å². The standard InChI is InChI=1S/C12H24N2O3.2C2H6/c1-7-15-8-2-13(1)5-11-17-12-6-14-3-9-16-10-4-14;2*1-2/h1-12H2;2*1-2H3. The summed E-state index contributed by atoms with van der Waals surface area (Å²) in [7, 11) is 0. The summed E-state index contributed by atoms with van der Waals surface area (Å²) in [6, 6.07) is 0. The first-order valence-corrected chi connectivity index (χ1v) is 8.63. The van der Waals surface area contributed by atoms with E-state index in [1.54, 1.807) is 0 Å². The lowest BCUT2D eigenvalue weighted by atomic mass is 10.4. The molecule has 5 heteroatoms. The molecule has 2 saturated heterocycles. The third-order valence-electron chi connectivity index (χ3n) is 3.31. The monoisotopic (exact) mass is 304 g/mol. The van der Waals surface area contributed by atoms with Gasteiger partial charge < -0.3 is 14.2 Å². The topological polar surface area (TPSA) is 34.2 Å². The van der Waals surface area contributed by atoms with Crippen LogP contribution in [0.15, 0.2) is 0 Å². The molecule has 0 aromatic heterocycles. The van der Waals surface area contributed by atoms with E-state index in [1.165, 1.54) is 0 Å². The minimum absolute atomic E-state index is 0.838. The lowest BCUT2D eigenvalue weighted by molar-refractivity contribution is 0.00538. The molecule has 0 amide bonds. The largest absolute Gasteiger partial charge is 0.379 e. The van der Waals surface area contributed by atoms with E-state index >= 15 is 0 Å². The maximum atomic E-state index is 5.67. The molecule has 0 bridgehead atoms. The molecule has 5 nitrogen and oxygen atoms in total. The van der Waals surface area contributed by atoms with Gasteiger partial charge in [0.25, 0.3) is 0 Å². The minimum atomic E-state index is 0.838. The number of nitrogens with zero attached hydrogens (tertiary/aromatic N) is 2. The number of morpholine rings is 2. The molecule has 0 N–H and O–H groups in total. The van der Waals surface area contributed by atoms with Crippen molar-refractivity contribution in [3.05, 3.63) is 0 Å². The predicted octanol–water partition coefficient (Wildman–Crippen LogP) is 1.72. The van der Waals surface area contributed by atoms with Crippen molar-refractivity contribution in [1.29, 1.82) is 0 Å². The Morgan fingerprint density at radius 2 is 1.00 bits per heavy atom. The number of hydrogen-bond donors (Lipinski definition) is 0. The highest BCUT2D eigenvalue weighted by molar-refractivity contribution is 4.62. The fourth-order valence-corrected chi connectivity index (χ4v) is 2.14. The van der Waals surface area contributed by atoms with Crippen LogP contribution in [0.2, 0.25) is 0 Å². The number of ether oxygens (including phenoxy) is 3. The van der Waals surface area contributed by atoms with Crippen LogP contribution in [0.1, 0.15) is 27.7 Å². The molecule has 0 radical (unpaired) electrons. The van der Waals surface area contributed by atoms with E-state index < -0.39 is 0 Å². The van der Waals surface area contributed by atoms with Crippen LogP contribution in [0.5, 0.6) is 0 Å². The van der Waals surface area contributed by atoms with Gasteiger partial charge in [-0.3, -0.25) is 9.80 Å². The summed E-state index contributed by atoms with van der Waals surface area (Å²) in [5, 5.41) is 0. The summed E-state index contributed by atoms with van der Waals surface area (Å²) in [6.07, 6.45) is 0. The average Bonchev–Trinajstić information content (AvgIpc) is 2.60. The molecule has 2 heterocycles. The maximum Gasteiger partial charge on any atom is 0.0594 e. The van der Waals surface area contributed by atoms with Crippen molar-refractivity contribution < 1.29 is 14.2 Å². The molecule has 0 aromatic rings. The van der Waals surface area contributed by atoms with Crippen LogP contribution in [-0.4, -0.2) is 88.7 Å². The van der Waals surface area contributed by atoms with Gasteiger partial charge in [0.1, 0.15) is 0 Å². The Morgan fingerprint density at radius 1 is 0.667 bits per heavy atom. The smallest absolute Gasteiger partial charge is 0.0594 e. The predicted molar refractivity (Wildman–Crippen MR) is 88.0 cm³/mol. The molecule has 0 atom stereocenters. The Morgan fingerprint density at radius 3 is 1.33 bits per heavy atom. The molecule has 21 heavy (non-hydrogen) atoms. The van der Waals surface area contributed by atoms with Crippen LogP contribution in [0.25, 0.3) is 0 Å². The molecule has 2 fully saturated rings.